The standard InChI is InChI=1S/C22H28N2O5S/c1-15-5-9-19(13-16(15)2)17(3)24-21(25)14-29-22(26)12-8-18-6-10-20(11-7-18)30(27,28)23-4/h5-7,9-11,13,17,23H,8,12,14H2,1-4H3,(H,24,25). The van der Waals surface area contributed by atoms with E-state index in [1.807, 2.05) is 39.0 Å². The number of hydrogen-bond acceptors (Lipinski definition) is 5. The molecule has 1 atom stereocenters. The van der Waals surface area contributed by atoms with Crippen molar-refractivity contribution in [2.75, 3.05) is 13.7 Å². The van der Waals surface area contributed by atoms with E-state index in [2.05, 4.69) is 10.0 Å². The zero-order valence-corrected chi connectivity index (χ0v) is 18.5. The minimum Gasteiger partial charge on any atom is -0.456 e. The molecule has 0 saturated carbocycles. The normalized spacial score (nSPS) is 12.3. The van der Waals surface area contributed by atoms with Crippen LogP contribution in [0.4, 0.5) is 0 Å². The molecule has 0 bridgehead atoms. The maximum absolute atomic E-state index is 12.1. The van der Waals surface area contributed by atoms with Gasteiger partial charge in [-0.05, 0) is 68.6 Å². The number of esters is 1. The number of amides is 1. The topological polar surface area (TPSA) is 102 Å². The van der Waals surface area contributed by atoms with E-state index in [-0.39, 0.29) is 29.9 Å². The Hall–Kier alpha value is -2.71. The number of sulfonamides is 1. The number of aryl methyl sites for hydroxylation is 3. The highest BCUT2D eigenvalue weighted by Gasteiger charge is 2.14. The van der Waals surface area contributed by atoms with Crippen molar-refractivity contribution < 1.29 is 22.7 Å². The molecule has 2 aromatic carbocycles. The lowest BCUT2D eigenvalue weighted by Crippen LogP contribution is -2.31. The summed E-state index contributed by atoms with van der Waals surface area (Å²) in [5, 5.41) is 2.82. The van der Waals surface area contributed by atoms with Gasteiger partial charge < -0.3 is 10.1 Å². The zero-order valence-electron chi connectivity index (χ0n) is 17.7. The fourth-order valence-electron chi connectivity index (χ4n) is 2.82. The summed E-state index contributed by atoms with van der Waals surface area (Å²) in [6.45, 7) is 5.58. The molecule has 0 heterocycles. The molecule has 0 fully saturated rings. The molecule has 1 amide bonds. The molecule has 0 radical (unpaired) electrons. The van der Waals surface area contributed by atoms with Gasteiger partial charge in [-0.15, -0.1) is 0 Å². The zero-order chi connectivity index (χ0) is 22.3. The Bertz CT molecular complexity index is 1000. The van der Waals surface area contributed by atoms with Crippen LogP contribution in [-0.2, 0) is 30.8 Å². The van der Waals surface area contributed by atoms with Crippen molar-refractivity contribution in [3.63, 3.8) is 0 Å². The van der Waals surface area contributed by atoms with Crippen LogP contribution in [0.5, 0.6) is 0 Å². The quantitative estimate of drug-likeness (QED) is 0.593. The number of carbonyl (C=O) groups is 2. The van der Waals surface area contributed by atoms with Crippen LogP contribution < -0.4 is 10.0 Å². The third-order valence-electron chi connectivity index (χ3n) is 4.89. The molecule has 8 heteroatoms. The average molecular weight is 433 g/mol. The third-order valence-corrected chi connectivity index (χ3v) is 6.32. The summed E-state index contributed by atoms with van der Waals surface area (Å²) in [6.07, 6.45) is 0.484. The van der Waals surface area contributed by atoms with Crippen molar-refractivity contribution in [2.45, 2.75) is 44.6 Å². The Morgan fingerprint density at radius 3 is 2.30 bits per heavy atom. The summed E-state index contributed by atoms with van der Waals surface area (Å²) in [5.41, 5.74) is 4.12. The van der Waals surface area contributed by atoms with Gasteiger partial charge in [0.25, 0.3) is 5.91 Å². The molecule has 2 rings (SSSR count). The number of benzene rings is 2. The summed E-state index contributed by atoms with van der Waals surface area (Å²) in [6, 6.07) is 12.1. The molecule has 2 aromatic rings. The van der Waals surface area contributed by atoms with Crippen LogP contribution in [0.2, 0.25) is 0 Å². The molecule has 0 spiro atoms. The van der Waals surface area contributed by atoms with Crippen LogP contribution in [0.3, 0.4) is 0 Å². The van der Waals surface area contributed by atoms with Gasteiger partial charge in [0, 0.05) is 6.42 Å². The largest absolute Gasteiger partial charge is 0.456 e. The van der Waals surface area contributed by atoms with Gasteiger partial charge >= 0.3 is 5.97 Å². The first-order valence-electron chi connectivity index (χ1n) is 9.67. The van der Waals surface area contributed by atoms with Crippen LogP contribution >= 0.6 is 0 Å². The van der Waals surface area contributed by atoms with Crippen molar-refractivity contribution in [1.29, 1.82) is 0 Å². The van der Waals surface area contributed by atoms with Crippen molar-refractivity contribution in [3.8, 4) is 0 Å². The molecule has 7 nitrogen and oxygen atoms in total. The fraction of sp³-hybridized carbons (Fsp3) is 0.364. The number of rotatable bonds is 9. The van der Waals surface area contributed by atoms with E-state index in [4.69, 9.17) is 4.74 Å². The second kappa shape index (κ2) is 10.4. The van der Waals surface area contributed by atoms with Crippen LogP contribution in [-0.4, -0.2) is 33.9 Å². The summed E-state index contributed by atoms with van der Waals surface area (Å²) in [4.78, 5) is 24.1. The van der Waals surface area contributed by atoms with Gasteiger partial charge in [-0.25, -0.2) is 13.1 Å². The molecule has 162 valence electrons. The summed E-state index contributed by atoms with van der Waals surface area (Å²) < 4.78 is 30.7. The smallest absolute Gasteiger partial charge is 0.306 e. The minimum absolute atomic E-state index is 0.0954. The van der Waals surface area contributed by atoms with Crippen molar-refractivity contribution in [2.24, 2.45) is 0 Å². The van der Waals surface area contributed by atoms with Crippen molar-refractivity contribution in [1.82, 2.24) is 10.0 Å². The van der Waals surface area contributed by atoms with Gasteiger partial charge in [-0.2, -0.15) is 0 Å². The lowest BCUT2D eigenvalue weighted by atomic mass is 10.0. The van der Waals surface area contributed by atoms with Crippen molar-refractivity contribution in [3.05, 3.63) is 64.7 Å². The van der Waals surface area contributed by atoms with E-state index in [1.165, 1.54) is 24.7 Å². The number of hydrogen-bond donors (Lipinski definition) is 2. The Balaban J connectivity index is 1.77. The second-order valence-corrected chi connectivity index (χ2v) is 9.03. The number of nitrogens with one attached hydrogen (secondary N) is 2. The van der Waals surface area contributed by atoms with E-state index >= 15 is 0 Å². The first kappa shape index (κ1) is 23.6. The van der Waals surface area contributed by atoms with Crippen LogP contribution in [0.1, 0.15) is 41.6 Å². The molecule has 30 heavy (non-hydrogen) atoms. The highest BCUT2D eigenvalue weighted by atomic mass is 32.2. The fourth-order valence-corrected chi connectivity index (χ4v) is 3.55. The maximum atomic E-state index is 12.1. The highest BCUT2D eigenvalue weighted by Crippen LogP contribution is 2.16. The minimum atomic E-state index is -3.49. The third kappa shape index (κ3) is 6.67. The van der Waals surface area contributed by atoms with Crippen LogP contribution in [0.25, 0.3) is 0 Å². The second-order valence-electron chi connectivity index (χ2n) is 7.15. The molecular weight excluding hydrogens is 404 g/mol. The van der Waals surface area contributed by atoms with Crippen molar-refractivity contribution >= 4 is 21.9 Å². The van der Waals surface area contributed by atoms with E-state index in [0.29, 0.717) is 6.42 Å². The number of ether oxygens (including phenoxy) is 1. The molecule has 1 unspecified atom stereocenters. The molecule has 0 aliphatic heterocycles. The predicted octanol–water partition coefficient (Wildman–Crippen LogP) is 2.56. The van der Waals surface area contributed by atoms with Crippen LogP contribution in [0.15, 0.2) is 47.4 Å². The Morgan fingerprint density at radius 1 is 1.03 bits per heavy atom. The lowest BCUT2D eigenvalue weighted by Gasteiger charge is -2.15. The highest BCUT2D eigenvalue weighted by molar-refractivity contribution is 7.89. The summed E-state index contributed by atoms with van der Waals surface area (Å²) in [5.74, 6) is -0.855. The molecule has 0 aliphatic rings. The first-order chi connectivity index (χ1) is 14.1. The monoisotopic (exact) mass is 432 g/mol. The van der Waals surface area contributed by atoms with Gasteiger partial charge in [0.05, 0.1) is 10.9 Å². The van der Waals surface area contributed by atoms with E-state index in [0.717, 1.165) is 16.7 Å². The average Bonchev–Trinajstić information content (AvgIpc) is 2.72. The molecule has 0 aliphatic carbocycles. The van der Waals surface area contributed by atoms with Gasteiger partial charge in [0.15, 0.2) is 6.61 Å². The van der Waals surface area contributed by atoms with Gasteiger partial charge in [0.1, 0.15) is 0 Å². The molecular formula is C22H28N2O5S. The SMILES string of the molecule is CNS(=O)(=O)c1ccc(CCC(=O)OCC(=O)NC(C)c2ccc(C)c(C)c2)cc1. The maximum Gasteiger partial charge on any atom is 0.306 e. The van der Waals surface area contributed by atoms with Gasteiger partial charge in [-0.1, -0.05) is 30.3 Å². The van der Waals surface area contributed by atoms with E-state index in [9.17, 15) is 18.0 Å². The Labute approximate surface area is 177 Å². The van der Waals surface area contributed by atoms with E-state index in [1.54, 1.807) is 12.1 Å². The van der Waals surface area contributed by atoms with Crippen LogP contribution in [0, 0.1) is 13.8 Å². The summed E-state index contributed by atoms with van der Waals surface area (Å²) in [7, 11) is -2.14. The summed E-state index contributed by atoms with van der Waals surface area (Å²) >= 11 is 0. The van der Waals surface area contributed by atoms with Gasteiger partial charge in [0.2, 0.25) is 10.0 Å². The Kier molecular flexibility index (Phi) is 8.14. The molecule has 0 saturated heterocycles. The van der Waals surface area contributed by atoms with E-state index < -0.39 is 16.0 Å². The van der Waals surface area contributed by atoms with Gasteiger partial charge in [-0.3, -0.25) is 9.59 Å². The molecule has 0 aromatic heterocycles. The predicted molar refractivity (Wildman–Crippen MR) is 114 cm³/mol. The molecule has 2 N–H and O–H groups in total. The lowest BCUT2D eigenvalue weighted by molar-refractivity contribution is -0.148. The Morgan fingerprint density at radius 2 is 1.70 bits per heavy atom. The number of carbonyl (C=O) groups excluding carboxylic acids is 2. The first-order valence-corrected chi connectivity index (χ1v) is 11.2.